The summed E-state index contributed by atoms with van der Waals surface area (Å²) < 4.78 is 31.7. The van der Waals surface area contributed by atoms with E-state index in [2.05, 4.69) is 0 Å². The van der Waals surface area contributed by atoms with Crippen molar-refractivity contribution in [1.82, 2.24) is 8.61 Å². The van der Waals surface area contributed by atoms with Crippen molar-refractivity contribution in [2.45, 2.75) is 12.8 Å². The second-order valence-corrected chi connectivity index (χ2v) is 6.41. The predicted octanol–water partition coefficient (Wildman–Crippen LogP) is -0.0838. The van der Waals surface area contributed by atoms with Crippen LogP contribution in [0.5, 0.6) is 0 Å². The lowest BCUT2D eigenvalue weighted by atomic mass is 10.1. The highest BCUT2D eigenvalue weighted by atomic mass is 32.2. The van der Waals surface area contributed by atoms with Crippen molar-refractivity contribution in [2.24, 2.45) is 0 Å². The molecule has 19 heavy (non-hydrogen) atoms. The molecule has 1 heterocycles. The second-order valence-electron chi connectivity index (χ2n) is 4.38. The van der Waals surface area contributed by atoms with E-state index in [1.165, 1.54) is 11.4 Å². The Morgan fingerprint density at radius 1 is 1.58 bits per heavy atom. The first-order valence-electron chi connectivity index (χ1n) is 5.98. The molecule has 0 aromatic rings. The van der Waals surface area contributed by atoms with Gasteiger partial charge in [0, 0.05) is 33.8 Å². The first-order valence-corrected chi connectivity index (χ1v) is 7.37. The van der Waals surface area contributed by atoms with Crippen LogP contribution in [0.4, 0.5) is 0 Å². The Balaban J connectivity index is 2.61. The molecule has 110 valence electrons. The van der Waals surface area contributed by atoms with Gasteiger partial charge in [0.1, 0.15) is 0 Å². The molecule has 8 heteroatoms. The standard InChI is InChI=1S/C11H20N2O5S/c1-12(6-5-11(14)15)19(16,17)13-7-3-10(4-8-13)9-18-2/h3H,4-9H2,1-2H3,(H,14,15). The number of carboxylic acids is 1. The van der Waals surface area contributed by atoms with Crippen molar-refractivity contribution >= 4 is 16.2 Å². The summed E-state index contributed by atoms with van der Waals surface area (Å²) in [5, 5.41) is 8.57. The van der Waals surface area contributed by atoms with Crippen LogP contribution < -0.4 is 0 Å². The van der Waals surface area contributed by atoms with Crippen LogP contribution in [0.25, 0.3) is 0 Å². The predicted molar refractivity (Wildman–Crippen MR) is 70.0 cm³/mol. The molecule has 1 aliphatic heterocycles. The van der Waals surface area contributed by atoms with Crippen LogP contribution >= 0.6 is 0 Å². The maximum atomic E-state index is 12.2. The Morgan fingerprint density at radius 3 is 2.74 bits per heavy atom. The number of hydrogen-bond acceptors (Lipinski definition) is 4. The molecule has 1 rings (SSSR count). The van der Waals surface area contributed by atoms with Crippen molar-refractivity contribution in [3.63, 3.8) is 0 Å². The summed E-state index contributed by atoms with van der Waals surface area (Å²) in [6.07, 6.45) is 2.28. The van der Waals surface area contributed by atoms with Crippen molar-refractivity contribution in [1.29, 1.82) is 0 Å². The van der Waals surface area contributed by atoms with Crippen molar-refractivity contribution < 1.29 is 23.1 Å². The van der Waals surface area contributed by atoms with Crippen LogP contribution in [0.1, 0.15) is 12.8 Å². The molecular weight excluding hydrogens is 272 g/mol. The maximum absolute atomic E-state index is 12.2. The smallest absolute Gasteiger partial charge is 0.304 e. The minimum absolute atomic E-state index is 0.0250. The van der Waals surface area contributed by atoms with Crippen molar-refractivity contribution in [2.75, 3.05) is 40.4 Å². The molecule has 0 aliphatic carbocycles. The summed E-state index contributed by atoms with van der Waals surface area (Å²) in [6.45, 7) is 1.19. The summed E-state index contributed by atoms with van der Waals surface area (Å²) >= 11 is 0. The van der Waals surface area contributed by atoms with Gasteiger partial charge in [0.05, 0.1) is 13.0 Å². The van der Waals surface area contributed by atoms with Gasteiger partial charge in [-0.3, -0.25) is 4.79 Å². The Labute approximate surface area is 113 Å². The third-order valence-corrected chi connectivity index (χ3v) is 4.91. The minimum Gasteiger partial charge on any atom is -0.481 e. The van der Waals surface area contributed by atoms with E-state index >= 15 is 0 Å². The summed E-state index contributed by atoms with van der Waals surface area (Å²) in [7, 11) is -0.582. The molecule has 7 nitrogen and oxygen atoms in total. The third-order valence-electron chi connectivity index (χ3n) is 2.96. The lowest BCUT2D eigenvalue weighted by molar-refractivity contribution is -0.137. The molecule has 0 radical (unpaired) electrons. The summed E-state index contributed by atoms with van der Waals surface area (Å²) in [6, 6.07) is 0. The molecule has 0 fully saturated rings. The van der Waals surface area contributed by atoms with E-state index in [0.29, 0.717) is 26.1 Å². The molecule has 0 atom stereocenters. The molecule has 0 saturated heterocycles. The first kappa shape index (κ1) is 16.1. The molecule has 0 aromatic heterocycles. The van der Waals surface area contributed by atoms with Gasteiger partial charge in [0.25, 0.3) is 10.2 Å². The number of aliphatic carboxylic acids is 1. The average molecular weight is 292 g/mol. The molecule has 1 aliphatic rings. The van der Waals surface area contributed by atoms with Gasteiger partial charge < -0.3 is 9.84 Å². The monoisotopic (exact) mass is 292 g/mol. The van der Waals surface area contributed by atoms with Crippen LogP contribution in [0.15, 0.2) is 11.6 Å². The highest BCUT2D eigenvalue weighted by Gasteiger charge is 2.28. The Bertz CT molecular complexity index is 446. The molecule has 0 bridgehead atoms. The zero-order valence-electron chi connectivity index (χ0n) is 11.2. The van der Waals surface area contributed by atoms with E-state index in [1.807, 2.05) is 6.08 Å². The van der Waals surface area contributed by atoms with Gasteiger partial charge >= 0.3 is 5.97 Å². The second kappa shape index (κ2) is 6.99. The van der Waals surface area contributed by atoms with Crippen LogP contribution in [0, 0.1) is 0 Å². The quantitative estimate of drug-likeness (QED) is 0.663. The Morgan fingerprint density at radius 2 is 2.26 bits per heavy atom. The van der Waals surface area contributed by atoms with Crippen LogP contribution in [0.2, 0.25) is 0 Å². The van der Waals surface area contributed by atoms with E-state index in [1.54, 1.807) is 7.11 Å². The van der Waals surface area contributed by atoms with Gasteiger partial charge in [0.15, 0.2) is 0 Å². The maximum Gasteiger partial charge on any atom is 0.304 e. The molecule has 1 N–H and O–H groups in total. The molecular formula is C11H20N2O5S. The van der Waals surface area contributed by atoms with Gasteiger partial charge in [-0.2, -0.15) is 17.0 Å². The van der Waals surface area contributed by atoms with Crippen LogP contribution in [-0.2, 0) is 19.7 Å². The van der Waals surface area contributed by atoms with Crippen LogP contribution in [0.3, 0.4) is 0 Å². The number of hydrogen-bond donors (Lipinski definition) is 1. The fraction of sp³-hybridized carbons (Fsp3) is 0.727. The lowest BCUT2D eigenvalue weighted by Crippen LogP contribution is -2.44. The summed E-state index contributed by atoms with van der Waals surface area (Å²) in [5.74, 6) is -1.01. The molecule has 0 aromatic carbocycles. The number of nitrogens with zero attached hydrogens (tertiary/aromatic N) is 2. The number of carboxylic acid groups (broad SMARTS) is 1. The van der Waals surface area contributed by atoms with E-state index in [0.717, 1.165) is 9.88 Å². The third kappa shape index (κ3) is 4.57. The lowest BCUT2D eigenvalue weighted by Gasteiger charge is -2.29. The highest BCUT2D eigenvalue weighted by Crippen LogP contribution is 2.16. The Kier molecular flexibility index (Phi) is 5.92. The normalized spacial score (nSPS) is 17.5. The number of rotatable bonds is 7. The first-order chi connectivity index (χ1) is 8.87. The summed E-state index contributed by atoms with van der Waals surface area (Å²) in [5.41, 5.74) is 1.09. The Hall–Kier alpha value is -0.960. The van der Waals surface area contributed by atoms with E-state index in [9.17, 15) is 13.2 Å². The molecule has 0 spiro atoms. The van der Waals surface area contributed by atoms with Gasteiger partial charge in [-0.25, -0.2) is 0 Å². The zero-order valence-corrected chi connectivity index (χ0v) is 12.0. The van der Waals surface area contributed by atoms with E-state index < -0.39 is 16.2 Å². The molecule has 0 saturated carbocycles. The highest BCUT2D eigenvalue weighted by molar-refractivity contribution is 7.86. The SMILES string of the molecule is COCC1=CCN(S(=O)(=O)N(C)CCC(=O)O)CC1. The molecule has 0 unspecified atom stereocenters. The number of ether oxygens (including phenoxy) is 1. The van der Waals surface area contributed by atoms with Gasteiger partial charge in [-0.1, -0.05) is 6.08 Å². The number of methoxy groups -OCH3 is 1. The average Bonchev–Trinajstić information content (AvgIpc) is 2.36. The number of carbonyl (C=O) groups is 1. The van der Waals surface area contributed by atoms with Crippen molar-refractivity contribution in [3.8, 4) is 0 Å². The zero-order chi connectivity index (χ0) is 14.5. The minimum atomic E-state index is -3.58. The van der Waals surface area contributed by atoms with E-state index in [-0.39, 0.29) is 13.0 Å². The van der Waals surface area contributed by atoms with Gasteiger partial charge in [-0.05, 0) is 12.0 Å². The summed E-state index contributed by atoms with van der Waals surface area (Å²) in [4.78, 5) is 10.5. The van der Waals surface area contributed by atoms with Gasteiger partial charge in [-0.15, -0.1) is 0 Å². The van der Waals surface area contributed by atoms with Crippen LogP contribution in [-0.4, -0.2) is 68.5 Å². The fourth-order valence-electron chi connectivity index (χ4n) is 1.78. The topological polar surface area (TPSA) is 87.2 Å². The van der Waals surface area contributed by atoms with Gasteiger partial charge in [0.2, 0.25) is 0 Å². The van der Waals surface area contributed by atoms with Crippen molar-refractivity contribution in [3.05, 3.63) is 11.6 Å². The fourth-order valence-corrected chi connectivity index (χ4v) is 3.09. The molecule has 0 amide bonds. The largest absolute Gasteiger partial charge is 0.481 e. The van der Waals surface area contributed by atoms with E-state index in [4.69, 9.17) is 9.84 Å².